The number of aromatic nitrogens is 4. The van der Waals surface area contributed by atoms with E-state index in [0.717, 1.165) is 23.4 Å². The highest BCUT2D eigenvalue weighted by molar-refractivity contribution is 5.84. The summed E-state index contributed by atoms with van der Waals surface area (Å²) >= 11 is 0. The van der Waals surface area contributed by atoms with Gasteiger partial charge in [0.25, 0.3) is 0 Å². The van der Waals surface area contributed by atoms with Gasteiger partial charge in [0.2, 0.25) is 5.95 Å². The van der Waals surface area contributed by atoms with Gasteiger partial charge in [-0.1, -0.05) is 25.8 Å². The molecule has 7 heteroatoms. The molecule has 138 valence electrons. The molecule has 0 aromatic carbocycles. The predicted molar refractivity (Wildman–Crippen MR) is 103 cm³/mol. The molecule has 2 aromatic rings. The van der Waals surface area contributed by atoms with Crippen LogP contribution in [0, 0.1) is 0 Å². The zero-order valence-corrected chi connectivity index (χ0v) is 15.5. The van der Waals surface area contributed by atoms with Crippen LogP contribution in [-0.2, 0) is 0 Å². The van der Waals surface area contributed by atoms with Crippen LogP contribution in [0.5, 0.6) is 0 Å². The minimum atomic E-state index is -0.0370. The number of imidazole rings is 1. The van der Waals surface area contributed by atoms with Crippen molar-refractivity contribution in [2.24, 2.45) is 0 Å². The van der Waals surface area contributed by atoms with E-state index in [-0.39, 0.29) is 12.6 Å². The first-order valence-electron chi connectivity index (χ1n) is 9.05. The van der Waals surface area contributed by atoms with E-state index in [1.54, 1.807) is 6.08 Å². The maximum absolute atomic E-state index is 9.36. The summed E-state index contributed by atoms with van der Waals surface area (Å²) in [6.07, 6.45) is 9.34. The monoisotopic (exact) mass is 346 g/mol. The number of aliphatic hydroxyl groups excluding tert-OH is 1. The maximum Gasteiger partial charge on any atom is 0.227 e. The van der Waals surface area contributed by atoms with E-state index in [1.807, 2.05) is 27.2 Å². The van der Waals surface area contributed by atoms with Crippen LogP contribution in [-0.4, -0.2) is 44.3 Å². The number of nitrogens with zero attached hydrogens (tertiary/aromatic N) is 4. The lowest BCUT2D eigenvalue weighted by atomic mass is 10.2. The molecule has 1 saturated carbocycles. The Balaban J connectivity index is 0.000000701. The number of hydrogen-bond donors (Lipinski definition) is 3. The van der Waals surface area contributed by atoms with E-state index >= 15 is 0 Å². The molecule has 0 unspecified atom stereocenters. The third-order valence-corrected chi connectivity index (χ3v) is 4.42. The number of hydrogen-bond acceptors (Lipinski definition) is 6. The zero-order chi connectivity index (χ0) is 18.2. The molecule has 2 heterocycles. The van der Waals surface area contributed by atoms with Crippen molar-refractivity contribution in [2.75, 3.05) is 24.3 Å². The van der Waals surface area contributed by atoms with Gasteiger partial charge in [0.15, 0.2) is 17.0 Å². The molecule has 7 nitrogen and oxygen atoms in total. The van der Waals surface area contributed by atoms with Gasteiger partial charge in [0.1, 0.15) is 0 Å². The van der Waals surface area contributed by atoms with Crippen molar-refractivity contribution in [3.8, 4) is 0 Å². The summed E-state index contributed by atoms with van der Waals surface area (Å²) in [5.74, 6) is 1.26. The van der Waals surface area contributed by atoms with E-state index in [4.69, 9.17) is 0 Å². The first-order valence-corrected chi connectivity index (χ1v) is 9.05. The van der Waals surface area contributed by atoms with Crippen LogP contribution in [0.3, 0.4) is 0 Å². The Hall–Kier alpha value is -2.15. The number of nitrogens with one attached hydrogen (secondary N) is 2. The standard InChI is InChI=1S/C15H24N6O.C3H6/c1-3-10(8-22)18-15-19-13(16-2)12-14(20-15)21(9-17-12)11-6-4-5-7-11;1-3-2/h9-11,22H,3-8H2,1-2H3,(H2,16,18,19,20);3H,1H2,2H3/t10-;/m1./s1. The van der Waals surface area contributed by atoms with E-state index in [2.05, 4.69) is 36.7 Å². The van der Waals surface area contributed by atoms with Crippen LogP contribution in [0.25, 0.3) is 11.2 Å². The smallest absolute Gasteiger partial charge is 0.227 e. The molecule has 1 aliphatic carbocycles. The summed E-state index contributed by atoms with van der Waals surface area (Å²) in [4.78, 5) is 13.6. The second-order valence-corrected chi connectivity index (χ2v) is 6.25. The fourth-order valence-electron chi connectivity index (χ4n) is 3.06. The summed E-state index contributed by atoms with van der Waals surface area (Å²) < 4.78 is 2.18. The van der Waals surface area contributed by atoms with Crippen molar-refractivity contribution in [3.05, 3.63) is 19.0 Å². The molecular formula is C18H30N6O. The van der Waals surface area contributed by atoms with Gasteiger partial charge >= 0.3 is 0 Å². The molecule has 1 atom stereocenters. The van der Waals surface area contributed by atoms with E-state index in [1.165, 1.54) is 25.7 Å². The Labute approximate surface area is 149 Å². The molecule has 25 heavy (non-hydrogen) atoms. The predicted octanol–water partition coefficient (Wildman–Crippen LogP) is 3.36. The Morgan fingerprint density at radius 3 is 2.64 bits per heavy atom. The Morgan fingerprint density at radius 2 is 2.08 bits per heavy atom. The van der Waals surface area contributed by atoms with Crippen molar-refractivity contribution < 1.29 is 5.11 Å². The van der Waals surface area contributed by atoms with Crippen LogP contribution in [0.4, 0.5) is 11.8 Å². The van der Waals surface area contributed by atoms with Gasteiger partial charge in [-0.3, -0.25) is 0 Å². The molecule has 3 rings (SSSR count). The Bertz CT molecular complexity index is 674. The summed E-state index contributed by atoms with van der Waals surface area (Å²) in [5, 5.41) is 15.7. The van der Waals surface area contributed by atoms with E-state index in [9.17, 15) is 5.11 Å². The number of allylic oxidation sites excluding steroid dienone is 1. The number of anilines is 2. The van der Waals surface area contributed by atoms with E-state index < -0.39 is 0 Å². The molecule has 0 amide bonds. The van der Waals surface area contributed by atoms with Gasteiger partial charge in [0.05, 0.1) is 19.0 Å². The van der Waals surface area contributed by atoms with Crippen molar-refractivity contribution in [1.82, 2.24) is 19.5 Å². The lowest BCUT2D eigenvalue weighted by Gasteiger charge is -2.16. The molecule has 0 saturated heterocycles. The quantitative estimate of drug-likeness (QED) is 0.695. The van der Waals surface area contributed by atoms with Gasteiger partial charge < -0.3 is 20.3 Å². The van der Waals surface area contributed by atoms with Crippen LogP contribution in [0.2, 0.25) is 0 Å². The highest BCUT2D eigenvalue weighted by Gasteiger charge is 2.21. The van der Waals surface area contributed by atoms with Crippen LogP contribution in [0.1, 0.15) is 52.0 Å². The van der Waals surface area contributed by atoms with Crippen LogP contribution < -0.4 is 10.6 Å². The van der Waals surface area contributed by atoms with Crippen molar-refractivity contribution >= 4 is 22.9 Å². The summed E-state index contributed by atoms with van der Waals surface area (Å²) in [7, 11) is 1.84. The van der Waals surface area contributed by atoms with Crippen molar-refractivity contribution in [3.63, 3.8) is 0 Å². The maximum atomic E-state index is 9.36. The molecule has 3 N–H and O–H groups in total. The van der Waals surface area contributed by atoms with Gasteiger partial charge in [-0.2, -0.15) is 9.97 Å². The largest absolute Gasteiger partial charge is 0.394 e. The zero-order valence-electron chi connectivity index (χ0n) is 15.5. The molecule has 1 fully saturated rings. The second-order valence-electron chi connectivity index (χ2n) is 6.25. The van der Waals surface area contributed by atoms with Gasteiger partial charge in [-0.25, -0.2) is 4.98 Å². The number of rotatable bonds is 6. The summed E-state index contributed by atoms with van der Waals surface area (Å²) in [6.45, 7) is 7.34. The normalized spacial score (nSPS) is 15.5. The fourth-order valence-corrected chi connectivity index (χ4v) is 3.06. The topological polar surface area (TPSA) is 87.9 Å². The molecular weight excluding hydrogens is 316 g/mol. The van der Waals surface area contributed by atoms with Gasteiger partial charge in [-0.15, -0.1) is 6.58 Å². The van der Waals surface area contributed by atoms with Crippen LogP contribution >= 0.6 is 0 Å². The first-order chi connectivity index (χ1) is 12.2. The lowest BCUT2D eigenvalue weighted by molar-refractivity contribution is 0.271. The minimum absolute atomic E-state index is 0.0370. The molecule has 0 bridgehead atoms. The molecule has 2 aromatic heterocycles. The van der Waals surface area contributed by atoms with Crippen molar-refractivity contribution in [2.45, 2.75) is 58.0 Å². The lowest BCUT2D eigenvalue weighted by Crippen LogP contribution is -2.24. The molecule has 0 radical (unpaired) electrons. The summed E-state index contributed by atoms with van der Waals surface area (Å²) in [5.41, 5.74) is 1.67. The molecule has 0 spiro atoms. The fraction of sp³-hybridized carbons (Fsp3) is 0.611. The average Bonchev–Trinajstić information content (AvgIpc) is 3.28. The first kappa shape index (κ1) is 19.2. The third kappa shape index (κ3) is 4.48. The summed E-state index contributed by atoms with van der Waals surface area (Å²) in [6, 6.07) is 0.447. The number of aliphatic hydroxyl groups is 1. The average molecular weight is 346 g/mol. The van der Waals surface area contributed by atoms with Crippen LogP contribution in [0.15, 0.2) is 19.0 Å². The van der Waals surface area contributed by atoms with Crippen molar-refractivity contribution in [1.29, 1.82) is 0 Å². The van der Waals surface area contributed by atoms with E-state index in [0.29, 0.717) is 12.0 Å². The SMILES string of the molecule is C=CC.CC[C@H](CO)Nc1nc(NC)c2ncn(C3CCCC3)c2n1. The second kappa shape index (κ2) is 9.36. The number of fused-ring (bicyclic) bond motifs is 1. The Kier molecular flexibility index (Phi) is 7.18. The highest BCUT2D eigenvalue weighted by atomic mass is 16.3. The highest BCUT2D eigenvalue weighted by Crippen LogP contribution is 2.32. The van der Waals surface area contributed by atoms with Gasteiger partial charge in [0, 0.05) is 13.1 Å². The molecule has 1 aliphatic rings. The van der Waals surface area contributed by atoms with Gasteiger partial charge in [-0.05, 0) is 26.2 Å². The Morgan fingerprint density at radius 1 is 1.40 bits per heavy atom. The molecule has 0 aliphatic heterocycles. The minimum Gasteiger partial charge on any atom is -0.394 e. The third-order valence-electron chi connectivity index (χ3n) is 4.42.